The van der Waals surface area contributed by atoms with Gasteiger partial charge in [-0.2, -0.15) is 5.10 Å². The van der Waals surface area contributed by atoms with Crippen LogP contribution in [0.15, 0.2) is 12.3 Å². The molecule has 2 unspecified atom stereocenters. The van der Waals surface area contributed by atoms with Gasteiger partial charge >= 0.3 is 0 Å². The average molecular weight is 195 g/mol. The highest BCUT2D eigenvalue weighted by molar-refractivity contribution is 5.01. The van der Waals surface area contributed by atoms with Crippen LogP contribution < -0.4 is 5.32 Å². The van der Waals surface area contributed by atoms with Crippen molar-refractivity contribution in [2.75, 3.05) is 13.1 Å². The molecule has 2 rings (SSSR count). The normalized spacial score (nSPS) is 27.9. The van der Waals surface area contributed by atoms with Crippen molar-refractivity contribution in [1.82, 2.24) is 15.1 Å². The molecule has 1 aromatic heterocycles. The molecule has 0 spiro atoms. The van der Waals surface area contributed by atoms with Crippen LogP contribution in [-0.2, 0) is 13.5 Å². The van der Waals surface area contributed by atoms with E-state index in [9.17, 15) is 5.11 Å². The van der Waals surface area contributed by atoms with Crippen LogP contribution in [0.4, 0.5) is 0 Å². The van der Waals surface area contributed by atoms with Crippen LogP contribution >= 0.6 is 0 Å². The Kier molecular flexibility index (Phi) is 2.84. The number of piperidine rings is 1. The Bertz CT molecular complexity index is 297. The molecule has 14 heavy (non-hydrogen) atoms. The highest BCUT2D eigenvalue weighted by Gasteiger charge is 2.23. The van der Waals surface area contributed by atoms with Gasteiger partial charge < -0.3 is 10.4 Å². The van der Waals surface area contributed by atoms with E-state index in [1.807, 2.05) is 19.3 Å². The second kappa shape index (κ2) is 4.11. The molecule has 0 aliphatic carbocycles. The Balaban J connectivity index is 1.95. The third-order valence-corrected chi connectivity index (χ3v) is 2.81. The minimum atomic E-state index is -0.168. The fourth-order valence-corrected chi connectivity index (χ4v) is 1.96. The van der Waals surface area contributed by atoms with E-state index < -0.39 is 0 Å². The summed E-state index contributed by atoms with van der Waals surface area (Å²) in [5.41, 5.74) is 1.07. The second-order valence-corrected chi connectivity index (χ2v) is 4.01. The van der Waals surface area contributed by atoms with Gasteiger partial charge in [-0.1, -0.05) is 0 Å². The fraction of sp³-hybridized carbons (Fsp3) is 0.700. The first kappa shape index (κ1) is 9.68. The van der Waals surface area contributed by atoms with Crippen molar-refractivity contribution < 1.29 is 5.11 Å². The van der Waals surface area contributed by atoms with Gasteiger partial charge in [0.15, 0.2) is 0 Å². The molecule has 1 aliphatic heterocycles. The van der Waals surface area contributed by atoms with Crippen molar-refractivity contribution in [1.29, 1.82) is 0 Å². The summed E-state index contributed by atoms with van der Waals surface area (Å²) in [4.78, 5) is 0. The maximum Gasteiger partial charge on any atom is 0.0628 e. The number of nitrogens with one attached hydrogen (secondary N) is 1. The number of aryl methyl sites for hydroxylation is 1. The molecule has 2 atom stereocenters. The van der Waals surface area contributed by atoms with Gasteiger partial charge in [0.2, 0.25) is 0 Å². The summed E-state index contributed by atoms with van der Waals surface area (Å²) in [5, 5.41) is 17.4. The standard InChI is InChI=1S/C10H17N3O/c1-13-5-3-9(12-13)6-8-7-11-4-2-10(8)14/h3,5,8,10-11,14H,2,4,6-7H2,1H3. The number of aliphatic hydroxyl groups is 1. The van der Waals surface area contributed by atoms with Crippen molar-refractivity contribution >= 4 is 0 Å². The molecule has 4 nitrogen and oxygen atoms in total. The molecular formula is C10H17N3O. The molecule has 0 saturated carbocycles. The molecule has 0 aromatic carbocycles. The molecule has 1 aliphatic rings. The van der Waals surface area contributed by atoms with Crippen molar-refractivity contribution in [3.63, 3.8) is 0 Å². The Morgan fingerprint density at radius 1 is 1.71 bits per heavy atom. The molecule has 4 heteroatoms. The SMILES string of the molecule is Cn1ccc(CC2CNCCC2O)n1. The van der Waals surface area contributed by atoms with Crippen LogP contribution in [0.2, 0.25) is 0 Å². The Labute approximate surface area is 83.9 Å². The first-order valence-corrected chi connectivity index (χ1v) is 5.13. The van der Waals surface area contributed by atoms with Gasteiger partial charge in [-0.25, -0.2) is 0 Å². The van der Waals surface area contributed by atoms with Crippen molar-refractivity contribution in [3.8, 4) is 0 Å². The van der Waals surface area contributed by atoms with E-state index in [1.165, 1.54) is 0 Å². The van der Waals surface area contributed by atoms with Gasteiger partial charge in [0.1, 0.15) is 0 Å². The van der Waals surface area contributed by atoms with E-state index in [1.54, 1.807) is 4.68 Å². The summed E-state index contributed by atoms with van der Waals surface area (Å²) in [7, 11) is 1.92. The third kappa shape index (κ3) is 2.13. The lowest BCUT2D eigenvalue weighted by Crippen LogP contribution is -2.40. The Morgan fingerprint density at radius 3 is 3.21 bits per heavy atom. The Hall–Kier alpha value is -0.870. The van der Waals surface area contributed by atoms with Gasteiger partial charge in [0, 0.05) is 25.7 Å². The first-order valence-electron chi connectivity index (χ1n) is 5.13. The van der Waals surface area contributed by atoms with E-state index >= 15 is 0 Å². The summed E-state index contributed by atoms with van der Waals surface area (Å²) in [6.45, 7) is 1.83. The lowest BCUT2D eigenvalue weighted by Gasteiger charge is -2.27. The summed E-state index contributed by atoms with van der Waals surface area (Å²) in [6, 6.07) is 2.02. The molecule has 0 radical (unpaired) electrons. The molecule has 2 N–H and O–H groups in total. The predicted molar refractivity (Wildman–Crippen MR) is 53.9 cm³/mol. The van der Waals surface area contributed by atoms with Crippen molar-refractivity contribution in [2.45, 2.75) is 18.9 Å². The van der Waals surface area contributed by atoms with Gasteiger partial charge in [-0.3, -0.25) is 4.68 Å². The van der Waals surface area contributed by atoms with Crippen LogP contribution in [0.5, 0.6) is 0 Å². The first-order chi connectivity index (χ1) is 6.75. The van der Waals surface area contributed by atoms with Crippen LogP contribution in [-0.4, -0.2) is 34.1 Å². The van der Waals surface area contributed by atoms with E-state index in [0.717, 1.165) is 31.6 Å². The molecule has 1 saturated heterocycles. The summed E-state index contributed by atoms with van der Waals surface area (Å²) < 4.78 is 1.80. The monoisotopic (exact) mass is 195 g/mol. The number of hydrogen-bond donors (Lipinski definition) is 2. The van der Waals surface area contributed by atoms with E-state index in [-0.39, 0.29) is 6.10 Å². The Morgan fingerprint density at radius 2 is 2.57 bits per heavy atom. The predicted octanol–water partition coefficient (Wildman–Crippen LogP) is -0.0670. The van der Waals surface area contributed by atoms with Crippen LogP contribution in [0, 0.1) is 5.92 Å². The van der Waals surface area contributed by atoms with E-state index in [4.69, 9.17) is 0 Å². The molecule has 0 amide bonds. The maximum absolute atomic E-state index is 9.76. The van der Waals surface area contributed by atoms with Gasteiger partial charge in [0.25, 0.3) is 0 Å². The lowest BCUT2D eigenvalue weighted by molar-refractivity contribution is 0.0786. The maximum atomic E-state index is 9.76. The molecule has 78 valence electrons. The number of aliphatic hydroxyl groups excluding tert-OH is 1. The van der Waals surface area contributed by atoms with Gasteiger partial charge in [0.05, 0.1) is 11.8 Å². The topological polar surface area (TPSA) is 50.1 Å². The van der Waals surface area contributed by atoms with Gasteiger partial charge in [-0.15, -0.1) is 0 Å². The van der Waals surface area contributed by atoms with E-state index in [2.05, 4.69) is 10.4 Å². The lowest BCUT2D eigenvalue weighted by atomic mass is 9.92. The molecule has 0 bridgehead atoms. The number of aromatic nitrogens is 2. The second-order valence-electron chi connectivity index (χ2n) is 4.01. The zero-order valence-electron chi connectivity index (χ0n) is 8.48. The summed E-state index contributed by atoms with van der Waals surface area (Å²) >= 11 is 0. The minimum absolute atomic E-state index is 0.168. The molecule has 1 aromatic rings. The highest BCUT2D eigenvalue weighted by atomic mass is 16.3. The van der Waals surface area contributed by atoms with Crippen molar-refractivity contribution in [3.05, 3.63) is 18.0 Å². The largest absolute Gasteiger partial charge is 0.393 e. The zero-order chi connectivity index (χ0) is 9.97. The average Bonchev–Trinajstić information content (AvgIpc) is 2.56. The minimum Gasteiger partial charge on any atom is -0.393 e. The number of rotatable bonds is 2. The van der Waals surface area contributed by atoms with Gasteiger partial charge in [-0.05, 0) is 25.5 Å². The molecule has 2 heterocycles. The van der Waals surface area contributed by atoms with Crippen LogP contribution in [0.25, 0.3) is 0 Å². The fourth-order valence-electron chi connectivity index (χ4n) is 1.96. The smallest absolute Gasteiger partial charge is 0.0628 e. The quantitative estimate of drug-likeness (QED) is 0.694. The summed E-state index contributed by atoms with van der Waals surface area (Å²) in [5.74, 6) is 0.318. The van der Waals surface area contributed by atoms with Crippen LogP contribution in [0.3, 0.4) is 0 Å². The molecule has 1 fully saturated rings. The third-order valence-electron chi connectivity index (χ3n) is 2.81. The summed E-state index contributed by atoms with van der Waals surface area (Å²) in [6.07, 6.45) is 3.50. The van der Waals surface area contributed by atoms with Crippen LogP contribution in [0.1, 0.15) is 12.1 Å². The molecular weight excluding hydrogens is 178 g/mol. The zero-order valence-corrected chi connectivity index (χ0v) is 8.48. The highest BCUT2D eigenvalue weighted by Crippen LogP contribution is 2.15. The number of hydrogen-bond acceptors (Lipinski definition) is 3. The van der Waals surface area contributed by atoms with Crippen molar-refractivity contribution in [2.24, 2.45) is 13.0 Å². The number of nitrogens with zero attached hydrogens (tertiary/aromatic N) is 2. The van der Waals surface area contributed by atoms with E-state index in [0.29, 0.717) is 5.92 Å².